The van der Waals surface area contributed by atoms with Gasteiger partial charge in [0.05, 0.1) is 11.6 Å². The van der Waals surface area contributed by atoms with E-state index in [1.165, 1.54) is 18.2 Å². The van der Waals surface area contributed by atoms with Crippen molar-refractivity contribution in [1.82, 2.24) is 9.47 Å². The molecule has 1 saturated heterocycles. The summed E-state index contributed by atoms with van der Waals surface area (Å²) in [5.74, 6) is -4.00. The number of carboxylic acids is 1. The van der Waals surface area contributed by atoms with Crippen molar-refractivity contribution in [3.05, 3.63) is 75.5 Å². The number of pyridine rings is 1. The van der Waals surface area contributed by atoms with Gasteiger partial charge in [0, 0.05) is 36.2 Å². The highest BCUT2D eigenvalue weighted by molar-refractivity contribution is 5.97. The molecular formula is C25H25FN2O5. The first kappa shape index (κ1) is 21.6. The summed E-state index contributed by atoms with van der Waals surface area (Å²) in [4.78, 5) is 40.2. The van der Waals surface area contributed by atoms with Gasteiger partial charge >= 0.3 is 5.97 Å². The molecule has 0 radical (unpaired) electrons. The molecule has 172 valence electrons. The summed E-state index contributed by atoms with van der Waals surface area (Å²) in [6.07, 6.45) is 5.98. The number of carboxylic acid groups (broad SMARTS) is 1. The Balaban J connectivity index is 1.63. The van der Waals surface area contributed by atoms with Gasteiger partial charge in [-0.05, 0) is 55.5 Å². The predicted octanol–water partition coefficient (Wildman–Crippen LogP) is 2.83. The number of aliphatic hydroxyl groups is 1. The van der Waals surface area contributed by atoms with E-state index in [0.29, 0.717) is 11.3 Å². The number of benzene rings is 1. The molecule has 1 aromatic carbocycles. The first-order valence-corrected chi connectivity index (χ1v) is 11.3. The number of likely N-dealkylation sites (tertiary alicyclic amines) is 1. The van der Waals surface area contributed by atoms with E-state index >= 15 is 0 Å². The minimum atomic E-state index is -1.32. The van der Waals surface area contributed by atoms with E-state index in [9.17, 15) is 29.0 Å². The van der Waals surface area contributed by atoms with Gasteiger partial charge in [0.1, 0.15) is 11.9 Å². The summed E-state index contributed by atoms with van der Waals surface area (Å²) in [5, 5.41) is 20.0. The maximum absolute atomic E-state index is 14.5. The number of halogens is 1. The topological polar surface area (TPSA) is 99.8 Å². The number of carbonyl (C=O) groups excluding carboxylic acids is 1. The lowest BCUT2D eigenvalue weighted by atomic mass is 9.88. The highest BCUT2D eigenvalue weighted by Gasteiger charge is 2.57. The fraction of sp³-hybridized carbons (Fsp3) is 0.400. The molecule has 0 saturated carbocycles. The van der Waals surface area contributed by atoms with Crippen LogP contribution in [0.3, 0.4) is 0 Å². The SMILES string of the molecule is O=C(O)[C@@H]1[C@@H](CO)[C@@H]2Cn3c(ccc(C4=CCCCC4)c3=O)[C@@H]2N1C(=O)c1ccccc1F. The van der Waals surface area contributed by atoms with Crippen LogP contribution >= 0.6 is 0 Å². The number of hydrogen-bond acceptors (Lipinski definition) is 4. The van der Waals surface area contributed by atoms with E-state index in [-0.39, 0.29) is 17.7 Å². The molecule has 7 nitrogen and oxygen atoms in total. The summed E-state index contributed by atoms with van der Waals surface area (Å²) in [6, 6.07) is 6.91. The molecule has 3 heterocycles. The Morgan fingerprint density at radius 1 is 1.12 bits per heavy atom. The standard InChI is InChI=1S/C25H25FN2O5/c26-19-9-5-4-8-16(19)24(31)28-21-17(18(13-29)22(28)25(32)33)12-27-20(21)11-10-15(23(27)30)14-6-2-1-3-7-14/h4-6,8-11,17-18,21-22,29H,1-3,7,12-13H2,(H,32,33)/t17-,18-,21+,22-/m0/s1. The molecule has 0 bridgehead atoms. The minimum absolute atomic E-state index is 0.170. The minimum Gasteiger partial charge on any atom is -0.480 e. The van der Waals surface area contributed by atoms with Crippen molar-refractivity contribution in [2.75, 3.05) is 6.61 Å². The summed E-state index contributed by atoms with van der Waals surface area (Å²) >= 11 is 0. The lowest BCUT2D eigenvalue weighted by Crippen LogP contribution is -2.46. The van der Waals surface area contributed by atoms with Crippen LogP contribution < -0.4 is 5.56 Å². The normalized spacial score (nSPS) is 26.0. The van der Waals surface area contributed by atoms with Gasteiger partial charge in [-0.2, -0.15) is 0 Å². The second-order valence-corrected chi connectivity index (χ2v) is 8.99. The van der Waals surface area contributed by atoms with Gasteiger partial charge in [-0.3, -0.25) is 9.59 Å². The molecule has 2 N–H and O–H groups in total. The highest BCUT2D eigenvalue weighted by atomic mass is 19.1. The molecule has 33 heavy (non-hydrogen) atoms. The van der Waals surface area contributed by atoms with E-state index in [0.717, 1.165) is 42.2 Å². The van der Waals surface area contributed by atoms with Crippen LogP contribution in [0, 0.1) is 17.7 Å². The van der Waals surface area contributed by atoms with E-state index in [4.69, 9.17) is 0 Å². The van der Waals surface area contributed by atoms with Crippen molar-refractivity contribution in [3.63, 3.8) is 0 Å². The molecule has 0 unspecified atom stereocenters. The van der Waals surface area contributed by atoms with Crippen LogP contribution in [-0.4, -0.2) is 44.2 Å². The number of carbonyl (C=O) groups is 2. The van der Waals surface area contributed by atoms with Gasteiger partial charge in [0.25, 0.3) is 11.5 Å². The average Bonchev–Trinajstić information content (AvgIpc) is 3.35. The molecule has 4 atom stereocenters. The van der Waals surface area contributed by atoms with Crippen molar-refractivity contribution < 1.29 is 24.2 Å². The second-order valence-electron chi connectivity index (χ2n) is 8.99. The van der Waals surface area contributed by atoms with Crippen LogP contribution in [0.4, 0.5) is 4.39 Å². The highest BCUT2D eigenvalue weighted by Crippen LogP contribution is 2.50. The Hall–Kier alpha value is -3.26. The zero-order chi connectivity index (χ0) is 23.3. The molecule has 2 aliphatic heterocycles. The Kier molecular flexibility index (Phi) is 5.40. The summed E-state index contributed by atoms with van der Waals surface area (Å²) in [5.41, 5.74) is 1.76. The van der Waals surface area contributed by atoms with E-state index in [1.807, 2.05) is 0 Å². The van der Waals surface area contributed by atoms with Crippen LogP contribution in [0.5, 0.6) is 0 Å². The number of aliphatic carboxylic acids is 1. The van der Waals surface area contributed by atoms with Crippen molar-refractivity contribution in [1.29, 1.82) is 0 Å². The number of aromatic nitrogens is 1. The molecule has 3 aliphatic rings. The number of nitrogens with zero attached hydrogens (tertiary/aromatic N) is 2. The maximum atomic E-state index is 14.5. The fourth-order valence-electron chi connectivity index (χ4n) is 5.79. The maximum Gasteiger partial charge on any atom is 0.326 e. The van der Waals surface area contributed by atoms with E-state index < -0.39 is 48.2 Å². The van der Waals surface area contributed by atoms with E-state index in [1.54, 1.807) is 16.7 Å². The molecule has 1 aliphatic carbocycles. The Bertz CT molecular complexity index is 1220. The smallest absolute Gasteiger partial charge is 0.326 e. The molecule has 1 aromatic heterocycles. The molecule has 2 aromatic rings. The number of amides is 1. The van der Waals surface area contributed by atoms with Gasteiger partial charge in [-0.15, -0.1) is 0 Å². The van der Waals surface area contributed by atoms with Crippen molar-refractivity contribution in [3.8, 4) is 0 Å². The lowest BCUT2D eigenvalue weighted by molar-refractivity contribution is -0.143. The predicted molar refractivity (Wildman–Crippen MR) is 118 cm³/mol. The fourth-order valence-corrected chi connectivity index (χ4v) is 5.79. The van der Waals surface area contributed by atoms with Gasteiger partial charge < -0.3 is 19.7 Å². The summed E-state index contributed by atoms with van der Waals surface area (Å²) in [7, 11) is 0. The first-order chi connectivity index (χ1) is 15.9. The van der Waals surface area contributed by atoms with Crippen LogP contribution in [0.2, 0.25) is 0 Å². The van der Waals surface area contributed by atoms with Crippen molar-refractivity contribution >= 4 is 17.4 Å². The first-order valence-electron chi connectivity index (χ1n) is 11.3. The quantitative estimate of drug-likeness (QED) is 0.743. The zero-order valence-corrected chi connectivity index (χ0v) is 18.0. The summed E-state index contributed by atoms with van der Waals surface area (Å²) < 4.78 is 16.1. The van der Waals surface area contributed by atoms with Crippen LogP contribution in [0.15, 0.2) is 47.3 Å². The Labute approximate surface area is 189 Å². The number of allylic oxidation sites excluding steroid dienone is 2. The van der Waals surface area contributed by atoms with Crippen LogP contribution in [-0.2, 0) is 11.3 Å². The van der Waals surface area contributed by atoms with Gasteiger partial charge in [0.2, 0.25) is 0 Å². The third-order valence-corrected chi connectivity index (χ3v) is 7.30. The molecule has 0 spiro atoms. The van der Waals surface area contributed by atoms with Gasteiger partial charge in [0.15, 0.2) is 0 Å². The molecule has 1 amide bonds. The van der Waals surface area contributed by atoms with Crippen LogP contribution in [0.25, 0.3) is 5.57 Å². The molecule has 5 rings (SSSR count). The molecular weight excluding hydrogens is 427 g/mol. The van der Waals surface area contributed by atoms with Crippen molar-refractivity contribution in [2.45, 2.75) is 44.3 Å². The average molecular weight is 452 g/mol. The number of rotatable bonds is 4. The number of hydrogen-bond donors (Lipinski definition) is 2. The zero-order valence-electron chi connectivity index (χ0n) is 18.0. The van der Waals surface area contributed by atoms with E-state index in [2.05, 4.69) is 6.08 Å². The van der Waals surface area contributed by atoms with Gasteiger partial charge in [-0.25, -0.2) is 9.18 Å². The van der Waals surface area contributed by atoms with Gasteiger partial charge in [-0.1, -0.05) is 18.2 Å². The second kappa shape index (κ2) is 8.26. The molecule has 1 fully saturated rings. The van der Waals surface area contributed by atoms with Crippen molar-refractivity contribution in [2.24, 2.45) is 11.8 Å². The van der Waals surface area contributed by atoms with Crippen LogP contribution in [0.1, 0.15) is 53.3 Å². The number of aliphatic hydroxyl groups excluding tert-OH is 1. The lowest BCUT2D eigenvalue weighted by Gasteiger charge is -2.29. The summed E-state index contributed by atoms with van der Waals surface area (Å²) in [6.45, 7) is -0.254. The Morgan fingerprint density at radius 3 is 2.58 bits per heavy atom. The third kappa shape index (κ3) is 3.31. The Morgan fingerprint density at radius 2 is 1.91 bits per heavy atom. The monoisotopic (exact) mass is 452 g/mol. The molecule has 8 heteroatoms. The number of fused-ring (bicyclic) bond motifs is 3. The third-order valence-electron chi connectivity index (χ3n) is 7.30. The largest absolute Gasteiger partial charge is 0.480 e.